The molecule has 0 unspecified atom stereocenters. The molecular formula is C20H23NO2. The van der Waals surface area contributed by atoms with Gasteiger partial charge in [0.15, 0.2) is 0 Å². The van der Waals surface area contributed by atoms with E-state index >= 15 is 0 Å². The number of aliphatic hydroxyl groups excluding tert-OH is 1. The van der Waals surface area contributed by atoms with Gasteiger partial charge in [0.25, 0.3) is 0 Å². The number of hydrogen-bond donors (Lipinski definition) is 2. The predicted molar refractivity (Wildman–Crippen MR) is 91.3 cm³/mol. The van der Waals surface area contributed by atoms with Crippen LogP contribution >= 0.6 is 0 Å². The standard InChI is InChI=1S/C20H23NO2/c22-11-9-20(10-12-23-14-20)13-21-19-17-7-3-1-5-15(17)16-6-2-4-8-18(16)19/h1-8,19,21-22H,9-14H2/t20-/m1/s1. The van der Waals surface area contributed by atoms with Crippen molar-refractivity contribution in [1.29, 1.82) is 0 Å². The van der Waals surface area contributed by atoms with Crippen LogP contribution in [0.15, 0.2) is 48.5 Å². The Balaban J connectivity index is 1.62. The third-order valence-electron chi connectivity index (χ3n) is 5.34. The van der Waals surface area contributed by atoms with Gasteiger partial charge in [-0.3, -0.25) is 0 Å². The molecule has 0 spiro atoms. The molecule has 1 fully saturated rings. The van der Waals surface area contributed by atoms with Gasteiger partial charge in [-0.25, -0.2) is 0 Å². The normalized spacial score (nSPS) is 23.0. The van der Waals surface area contributed by atoms with Crippen molar-refractivity contribution in [3.05, 3.63) is 59.7 Å². The lowest BCUT2D eigenvalue weighted by Gasteiger charge is -2.29. The molecule has 1 saturated heterocycles. The van der Waals surface area contributed by atoms with Gasteiger partial charge in [-0.15, -0.1) is 0 Å². The molecule has 2 N–H and O–H groups in total. The summed E-state index contributed by atoms with van der Waals surface area (Å²) in [7, 11) is 0. The van der Waals surface area contributed by atoms with E-state index in [2.05, 4.69) is 53.8 Å². The van der Waals surface area contributed by atoms with Gasteiger partial charge in [-0.1, -0.05) is 48.5 Å². The molecule has 3 nitrogen and oxygen atoms in total. The fourth-order valence-corrected chi connectivity index (χ4v) is 4.01. The molecule has 0 radical (unpaired) electrons. The monoisotopic (exact) mass is 309 g/mol. The Morgan fingerprint density at radius 1 is 1.04 bits per heavy atom. The van der Waals surface area contributed by atoms with Crippen LogP contribution in [0.4, 0.5) is 0 Å². The van der Waals surface area contributed by atoms with E-state index in [4.69, 9.17) is 4.74 Å². The number of nitrogens with one attached hydrogen (secondary N) is 1. The number of hydrogen-bond acceptors (Lipinski definition) is 3. The molecule has 0 bridgehead atoms. The summed E-state index contributed by atoms with van der Waals surface area (Å²) in [5.41, 5.74) is 5.44. The van der Waals surface area contributed by atoms with Crippen LogP contribution < -0.4 is 5.32 Å². The fourth-order valence-electron chi connectivity index (χ4n) is 4.01. The van der Waals surface area contributed by atoms with E-state index in [-0.39, 0.29) is 18.1 Å². The summed E-state index contributed by atoms with van der Waals surface area (Å²) in [5.74, 6) is 0. The molecule has 1 heterocycles. The Morgan fingerprint density at radius 2 is 1.70 bits per heavy atom. The Labute approximate surface area is 137 Å². The molecule has 1 aliphatic heterocycles. The quantitative estimate of drug-likeness (QED) is 0.891. The minimum atomic E-state index is 0.0707. The number of fused-ring (bicyclic) bond motifs is 3. The highest BCUT2D eigenvalue weighted by molar-refractivity contribution is 5.78. The largest absolute Gasteiger partial charge is 0.396 e. The van der Waals surface area contributed by atoms with E-state index < -0.39 is 0 Å². The zero-order valence-corrected chi connectivity index (χ0v) is 13.3. The second-order valence-electron chi connectivity index (χ2n) is 6.76. The van der Waals surface area contributed by atoms with Gasteiger partial charge in [-0.05, 0) is 35.1 Å². The maximum absolute atomic E-state index is 9.42. The van der Waals surface area contributed by atoms with Crippen molar-refractivity contribution in [3.8, 4) is 11.1 Å². The SMILES string of the molecule is OCC[C@]1(CNC2c3ccccc3-c3ccccc32)CCOC1. The first-order chi connectivity index (χ1) is 11.3. The molecule has 0 amide bonds. The minimum absolute atomic E-state index is 0.0707. The summed E-state index contributed by atoms with van der Waals surface area (Å²) >= 11 is 0. The predicted octanol–water partition coefficient (Wildman–Crippen LogP) is 3.14. The van der Waals surface area contributed by atoms with Crippen molar-refractivity contribution < 1.29 is 9.84 Å². The van der Waals surface area contributed by atoms with Crippen molar-refractivity contribution in [1.82, 2.24) is 5.32 Å². The highest BCUT2D eigenvalue weighted by Crippen LogP contribution is 2.43. The molecule has 0 aromatic heterocycles. The van der Waals surface area contributed by atoms with Gasteiger partial charge in [-0.2, -0.15) is 0 Å². The Kier molecular flexibility index (Phi) is 3.93. The van der Waals surface area contributed by atoms with E-state index in [1.54, 1.807) is 0 Å². The van der Waals surface area contributed by atoms with Gasteiger partial charge >= 0.3 is 0 Å². The van der Waals surface area contributed by atoms with Crippen LogP contribution in [0.2, 0.25) is 0 Å². The molecule has 1 atom stereocenters. The van der Waals surface area contributed by atoms with Crippen LogP contribution in [0.5, 0.6) is 0 Å². The zero-order chi connectivity index (χ0) is 15.7. The summed E-state index contributed by atoms with van der Waals surface area (Å²) in [4.78, 5) is 0. The molecule has 120 valence electrons. The summed E-state index contributed by atoms with van der Waals surface area (Å²) in [6.45, 7) is 2.65. The molecule has 2 aliphatic rings. The van der Waals surface area contributed by atoms with Crippen molar-refractivity contribution in [2.45, 2.75) is 18.9 Å². The average Bonchev–Trinajstić information content (AvgIpc) is 3.17. The molecular weight excluding hydrogens is 286 g/mol. The second-order valence-corrected chi connectivity index (χ2v) is 6.76. The maximum atomic E-state index is 9.42. The van der Waals surface area contributed by atoms with Crippen LogP contribution in [0.1, 0.15) is 30.0 Å². The minimum Gasteiger partial charge on any atom is -0.396 e. The lowest BCUT2D eigenvalue weighted by Crippen LogP contribution is -2.37. The highest BCUT2D eigenvalue weighted by Gasteiger charge is 2.36. The Morgan fingerprint density at radius 3 is 2.26 bits per heavy atom. The summed E-state index contributed by atoms with van der Waals surface area (Å²) < 4.78 is 5.62. The first kappa shape index (κ1) is 14.9. The summed E-state index contributed by atoms with van der Waals surface area (Å²) in [6.07, 6.45) is 1.83. The molecule has 2 aromatic rings. The molecule has 4 rings (SSSR count). The van der Waals surface area contributed by atoms with Gasteiger partial charge in [0.1, 0.15) is 0 Å². The van der Waals surface area contributed by atoms with Gasteiger partial charge in [0, 0.05) is 25.2 Å². The molecule has 0 saturated carbocycles. The fraction of sp³-hybridized carbons (Fsp3) is 0.400. The molecule has 23 heavy (non-hydrogen) atoms. The Bertz CT molecular complexity index is 646. The number of rotatable bonds is 5. The maximum Gasteiger partial charge on any atom is 0.0589 e. The van der Waals surface area contributed by atoms with E-state index in [0.717, 1.165) is 32.6 Å². The molecule has 2 aromatic carbocycles. The van der Waals surface area contributed by atoms with Crippen molar-refractivity contribution in [2.75, 3.05) is 26.4 Å². The van der Waals surface area contributed by atoms with E-state index in [9.17, 15) is 5.11 Å². The highest BCUT2D eigenvalue weighted by atomic mass is 16.5. The molecule has 1 aliphatic carbocycles. The summed E-state index contributed by atoms with van der Waals surface area (Å²) in [6, 6.07) is 17.5. The first-order valence-electron chi connectivity index (χ1n) is 8.43. The van der Waals surface area contributed by atoms with Crippen molar-refractivity contribution in [2.24, 2.45) is 5.41 Å². The lowest BCUT2D eigenvalue weighted by atomic mass is 9.83. The second kappa shape index (κ2) is 6.08. The van der Waals surface area contributed by atoms with Crippen LogP contribution in [0.25, 0.3) is 11.1 Å². The number of aliphatic hydroxyl groups is 1. The van der Waals surface area contributed by atoms with Gasteiger partial charge < -0.3 is 15.2 Å². The summed E-state index contributed by atoms with van der Waals surface area (Å²) in [5, 5.41) is 13.2. The average molecular weight is 309 g/mol. The van der Waals surface area contributed by atoms with Crippen LogP contribution in [-0.4, -0.2) is 31.5 Å². The third kappa shape index (κ3) is 2.59. The van der Waals surface area contributed by atoms with Crippen molar-refractivity contribution >= 4 is 0 Å². The van der Waals surface area contributed by atoms with E-state index in [1.807, 2.05) is 0 Å². The van der Waals surface area contributed by atoms with E-state index in [1.165, 1.54) is 22.3 Å². The lowest BCUT2D eigenvalue weighted by molar-refractivity contribution is 0.123. The first-order valence-corrected chi connectivity index (χ1v) is 8.43. The molecule has 3 heteroatoms. The van der Waals surface area contributed by atoms with Crippen molar-refractivity contribution in [3.63, 3.8) is 0 Å². The van der Waals surface area contributed by atoms with Gasteiger partial charge in [0.05, 0.1) is 12.6 Å². The van der Waals surface area contributed by atoms with Crippen LogP contribution in [0.3, 0.4) is 0 Å². The number of benzene rings is 2. The number of ether oxygens (including phenoxy) is 1. The van der Waals surface area contributed by atoms with Crippen LogP contribution in [-0.2, 0) is 4.74 Å². The van der Waals surface area contributed by atoms with E-state index in [0.29, 0.717) is 0 Å². The Hall–Kier alpha value is -1.68. The van der Waals surface area contributed by atoms with Gasteiger partial charge in [0.2, 0.25) is 0 Å². The topological polar surface area (TPSA) is 41.5 Å². The van der Waals surface area contributed by atoms with Crippen LogP contribution in [0, 0.1) is 5.41 Å². The zero-order valence-electron chi connectivity index (χ0n) is 13.3. The smallest absolute Gasteiger partial charge is 0.0589 e. The third-order valence-corrected chi connectivity index (χ3v) is 5.34.